The predicted molar refractivity (Wildman–Crippen MR) is 96.2 cm³/mol. The minimum Gasteiger partial charge on any atom is -0.384 e. The largest absolute Gasteiger partial charge is 0.384 e. The first-order valence-electron chi connectivity index (χ1n) is 9.01. The maximum absolute atomic E-state index is 5.43. The summed E-state index contributed by atoms with van der Waals surface area (Å²) in [4.78, 5) is 2.34. The number of hydrogen-bond acceptors (Lipinski definition) is 5. The molecule has 0 saturated heterocycles. The monoisotopic (exact) mass is 338 g/mol. The number of methoxy groups -OCH3 is 2. The molecule has 2 rings (SSSR count). The second kappa shape index (κ2) is 10.1. The molecule has 2 atom stereocenters. The molecule has 6 heteroatoms. The molecule has 24 heavy (non-hydrogen) atoms. The molecule has 0 amide bonds. The van der Waals surface area contributed by atoms with Crippen LogP contribution in [-0.4, -0.2) is 69.7 Å². The zero-order valence-electron chi connectivity index (χ0n) is 15.7. The lowest BCUT2D eigenvalue weighted by atomic mass is 9.74. The fraction of sp³-hybridized carbons (Fsp3) is 0.833. The van der Waals surface area contributed by atoms with E-state index in [1.807, 2.05) is 7.05 Å². The Morgan fingerprint density at radius 1 is 1.21 bits per heavy atom. The number of aromatic nitrogens is 2. The van der Waals surface area contributed by atoms with Gasteiger partial charge in [-0.2, -0.15) is 5.10 Å². The summed E-state index contributed by atoms with van der Waals surface area (Å²) in [6.07, 6.45) is 5.58. The van der Waals surface area contributed by atoms with Gasteiger partial charge in [0.15, 0.2) is 0 Å². The van der Waals surface area contributed by atoms with Crippen molar-refractivity contribution < 1.29 is 9.47 Å². The fourth-order valence-corrected chi connectivity index (χ4v) is 4.01. The van der Waals surface area contributed by atoms with Crippen LogP contribution in [0, 0.1) is 11.8 Å². The quantitative estimate of drug-likeness (QED) is 0.682. The molecule has 138 valence electrons. The van der Waals surface area contributed by atoms with Gasteiger partial charge >= 0.3 is 0 Å². The Hall–Kier alpha value is -0.950. The van der Waals surface area contributed by atoms with Crippen molar-refractivity contribution in [3.8, 4) is 0 Å². The zero-order chi connectivity index (χ0) is 17.4. The number of ether oxygens (including phenoxy) is 2. The van der Waals surface area contributed by atoms with Crippen LogP contribution in [0.4, 0.5) is 0 Å². The van der Waals surface area contributed by atoms with Gasteiger partial charge in [0.25, 0.3) is 0 Å². The smallest absolute Gasteiger partial charge is 0.0698 e. The second-order valence-electron chi connectivity index (χ2n) is 7.18. The molecule has 2 unspecified atom stereocenters. The normalized spacial score (nSPS) is 24.6. The van der Waals surface area contributed by atoms with E-state index >= 15 is 0 Å². The van der Waals surface area contributed by atoms with E-state index in [4.69, 9.17) is 9.47 Å². The summed E-state index contributed by atoms with van der Waals surface area (Å²) < 4.78 is 10.9. The Bertz CT molecular complexity index is 452. The van der Waals surface area contributed by atoms with Crippen molar-refractivity contribution in [2.45, 2.75) is 31.7 Å². The third-order valence-electron chi connectivity index (χ3n) is 5.03. The number of H-pyrrole nitrogens is 1. The van der Waals surface area contributed by atoms with Gasteiger partial charge in [-0.15, -0.1) is 0 Å². The molecule has 0 spiro atoms. The van der Waals surface area contributed by atoms with E-state index in [-0.39, 0.29) is 0 Å². The van der Waals surface area contributed by atoms with Crippen molar-refractivity contribution >= 4 is 0 Å². The highest BCUT2D eigenvalue weighted by atomic mass is 16.5. The molecule has 1 aliphatic rings. The standard InChI is InChI=1S/C18H34N4O2/c1-19-5-6-22(2)11-17-10-20-21-18(17)16-8-14(12-23-3)7-15(9-16)13-24-4/h10,14-16,19H,5-9,11-13H2,1-4H3,(H,20,21). The summed E-state index contributed by atoms with van der Waals surface area (Å²) in [5.74, 6) is 1.69. The van der Waals surface area contributed by atoms with Gasteiger partial charge in [0, 0.05) is 64.7 Å². The molecular weight excluding hydrogens is 304 g/mol. The molecule has 2 N–H and O–H groups in total. The molecule has 0 bridgehead atoms. The summed E-state index contributed by atoms with van der Waals surface area (Å²) in [5, 5.41) is 10.9. The van der Waals surface area contributed by atoms with E-state index < -0.39 is 0 Å². The molecule has 1 aromatic heterocycles. The van der Waals surface area contributed by atoms with Gasteiger partial charge in [0.2, 0.25) is 0 Å². The Labute approximate surface area is 146 Å². The van der Waals surface area contributed by atoms with E-state index in [2.05, 4.69) is 33.7 Å². The SMILES string of the molecule is CNCCN(C)Cc1c[nH]nc1C1CC(COC)CC(COC)C1. The minimum atomic E-state index is 0.498. The highest BCUT2D eigenvalue weighted by Crippen LogP contribution is 2.40. The maximum atomic E-state index is 5.43. The lowest BCUT2D eigenvalue weighted by molar-refractivity contribution is 0.0687. The Morgan fingerprint density at radius 3 is 2.46 bits per heavy atom. The first-order valence-corrected chi connectivity index (χ1v) is 9.01. The van der Waals surface area contributed by atoms with Crippen LogP contribution in [0.5, 0.6) is 0 Å². The van der Waals surface area contributed by atoms with E-state index in [1.165, 1.54) is 17.7 Å². The molecule has 0 aromatic carbocycles. The van der Waals surface area contributed by atoms with Crippen molar-refractivity contribution in [3.63, 3.8) is 0 Å². The van der Waals surface area contributed by atoms with Crippen molar-refractivity contribution in [1.82, 2.24) is 20.4 Å². The highest BCUT2D eigenvalue weighted by Gasteiger charge is 2.32. The second-order valence-corrected chi connectivity index (χ2v) is 7.18. The number of rotatable bonds is 10. The van der Waals surface area contributed by atoms with Crippen LogP contribution in [0.25, 0.3) is 0 Å². The topological polar surface area (TPSA) is 62.4 Å². The number of likely N-dealkylation sites (N-methyl/N-ethyl adjacent to an activating group) is 2. The Morgan fingerprint density at radius 2 is 1.88 bits per heavy atom. The summed E-state index contributed by atoms with van der Waals surface area (Å²) in [7, 11) is 7.75. The van der Waals surface area contributed by atoms with Crippen molar-refractivity contribution in [2.75, 3.05) is 54.6 Å². The average molecular weight is 338 g/mol. The van der Waals surface area contributed by atoms with Crippen molar-refractivity contribution in [3.05, 3.63) is 17.5 Å². The number of nitrogens with zero attached hydrogens (tertiary/aromatic N) is 2. The highest BCUT2D eigenvalue weighted by molar-refractivity contribution is 5.21. The lowest BCUT2D eigenvalue weighted by Crippen LogP contribution is -2.29. The van der Waals surface area contributed by atoms with Crippen LogP contribution in [0.3, 0.4) is 0 Å². The molecule has 6 nitrogen and oxygen atoms in total. The molecule has 1 aromatic rings. The van der Waals surface area contributed by atoms with E-state index in [1.54, 1.807) is 14.2 Å². The summed E-state index contributed by atoms with van der Waals surface area (Å²) >= 11 is 0. The van der Waals surface area contributed by atoms with Crippen LogP contribution in [0.15, 0.2) is 6.20 Å². The molecule has 0 aliphatic heterocycles. The number of nitrogens with one attached hydrogen (secondary N) is 2. The average Bonchev–Trinajstić information content (AvgIpc) is 3.01. The van der Waals surface area contributed by atoms with Crippen LogP contribution in [0.2, 0.25) is 0 Å². The van der Waals surface area contributed by atoms with Crippen LogP contribution < -0.4 is 5.32 Å². The molecular formula is C18H34N4O2. The van der Waals surface area contributed by atoms with Crippen molar-refractivity contribution in [2.24, 2.45) is 11.8 Å². The summed E-state index contributed by atoms with van der Waals surface area (Å²) in [5.41, 5.74) is 2.57. The molecule has 1 saturated carbocycles. The fourth-order valence-electron chi connectivity index (χ4n) is 4.01. The number of hydrogen-bond donors (Lipinski definition) is 2. The van der Waals surface area contributed by atoms with Gasteiger partial charge < -0.3 is 19.7 Å². The number of aromatic amines is 1. The summed E-state index contributed by atoms with van der Waals surface area (Å²) in [6, 6.07) is 0. The van der Waals surface area contributed by atoms with Crippen LogP contribution in [0.1, 0.15) is 36.4 Å². The van der Waals surface area contributed by atoms with Gasteiger partial charge in [-0.05, 0) is 45.2 Å². The first-order chi connectivity index (χ1) is 11.7. The Kier molecular flexibility index (Phi) is 8.18. The first kappa shape index (κ1) is 19.4. The van der Waals surface area contributed by atoms with Gasteiger partial charge in [-0.3, -0.25) is 5.10 Å². The third-order valence-corrected chi connectivity index (χ3v) is 5.03. The van der Waals surface area contributed by atoms with E-state index in [0.29, 0.717) is 17.8 Å². The maximum Gasteiger partial charge on any atom is 0.0698 e. The van der Waals surface area contributed by atoms with E-state index in [9.17, 15) is 0 Å². The minimum absolute atomic E-state index is 0.498. The van der Waals surface area contributed by atoms with E-state index in [0.717, 1.165) is 45.7 Å². The molecule has 1 fully saturated rings. The van der Waals surface area contributed by atoms with Crippen LogP contribution >= 0.6 is 0 Å². The zero-order valence-corrected chi connectivity index (χ0v) is 15.7. The molecule has 1 heterocycles. The van der Waals surface area contributed by atoms with Crippen LogP contribution in [-0.2, 0) is 16.0 Å². The van der Waals surface area contributed by atoms with Crippen molar-refractivity contribution in [1.29, 1.82) is 0 Å². The summed E-state index contributed by atoms with van der Waals surface area (Å²) in [6.45, 7) is 4.63. The van der Waals surface area contributed by atoms with Gasteiger partial charge in [-0.25, -0.2) is 0 Å². The van der Waals surface area contributed by atoms with Gasteiger partial charge in [-0.1, -0.05) is 0 Å². The van der Waals surface area contributed by atoms with Gasteiger partial charge in [0.05, 0.1) is 5.69 Å². The molecule has 1 aliphatic carbocycles. The third kappa shape index (κ3) is 5.55. The lowest BCUT2D eigenvalue weighted by Gasteiger charge is -2.34. The Balaban J connectivity index is 2.04. The molecule has 0 radical (unpaired) electrons. The predicted octanol–water partition coefficient (Wildman–Crippen LogP) is 1.85. The van der Waals surface area contributed by atoms with Gasteiger partial charge in [0.1, 0.15) is 0 Å².